The number of hydrogen-bond donors (Lipinski definition) is 1. The summed E-state index contributed by atoms with van der Waals surface area (Å²) >= 11 is 5.83. The van der Waals surface area contributed by atoms with Crippen LogP contribution in [0.25, 0.3) is 0 Å². The van der Waals surface area contributed by atoms with E-state index in [4.69, 9.17) is 16.3 Å². The molecule has 180 valence electrons. The summed E-state index contributed by atoms with van der Waals surface area (Å²) in [7, 11) is 0. The van der Waals surface area contributed by atoms with Crippen LogP contribution in [0.1, 0.15) is 55.3 Å². The first-order valence-electron chi connectivity index (χ1n) is 11.7. The highest BCUT2D eigenvalue weighted by Crippen LogP contribution is 2.33. The van der Waals surface area contributed by atoms with E-state index in [0.29, 0.717) is 24.4 Å². The molecule has 2 aliphatic rings. The zero-order chi connectivity index (χ0) is 24.1. The summed E-state index contributed by atoms with van der Waals surface area (Å²) in [4.78, 5) is 38.0. The van der Waals surface area contributed by atoms with Gasteiger partial charge < -0.3 is 15.0 Å². The van der Waals surface area contributed by atoms with E-state index in [0.717, 1.165) is 38.5 Å². The number of nitro benzene ring substituents is 1. The molecule has 0 radical (unpaired) electrons. The van der Waals surface area contributed by atoms with Crippen LogP contribution in [0.3, 0.4) is 0 Å². The molecule has 1 N–H and O–H groups in total. The molecular weight excluding hydrogens is 458 g/mol. The third-order valence-electron chi connectivity index (χ3n) is 6.56. The van der Waals surface area contributed by atoms with E-state index in [9.17, 15) is 19.7 Å². The van der Waals surface area contributed by atoms with E-state index in [1.165, 1.54) is 24.6 Å². The lowest BCUT2D eigenvalue weighted by molar-refractivity contribution is -0.385. The maximum absolute atomic E-state index is 12.7. The SMILES string of the molecule is O=C(NC1CCN(C(=O)C2CCCCC2)CC1)c1ccc(Oc2ccc(Cl)cc2[N+](=O)[O-])cc1. The van der Waals surface area contributed by atoms with Gasteiger partial charge >= 0.3 is 5.69 Å². The zero-order valence-corrected chi connectivity index (χ0v) is 19.6. The van der Waals surface area contributed by atoms with Gasteiger partial charge in [-0.1, -0.05) is 30.9 Å². The molecule has 2 fully saturated rings. The van der Waals surface area contributed by atoms with Gasteiger partial charge in [0, 0.05) is 41.7 Å². The average Bonchev–Trinajstić information content (AvgIpc) is 2.86. The van der Waals surface area contributed by atoms with Crippen molar-refractivity contribution in [2.45, 2.75) is 51.0 Å². The summed E-state index contributed by atoms with van der Waals surface area (Å²) in [5.41, 5.74) is 0.237. The van der Waals surface area contributed by atoms with Gasteiger partial charge in [-0.15, -0.1) is 0 Å². The number of rotatable bonds is 6. The van der Waals surface area contributed by atoms with Crippen molar-refractivity contribution in [3.8, 4) is 11.5 Å². The Hall–Kier alpha value is -3.13. The number of nitrogens with one attached hydrogen (secondary N) is 1. The fourth-order valence-electron chi connectivity index (χ4n) is 4.64. The van der Waals surface area contributed by atoms with Gasteiger partial charge in [-0.05, 0) is 62.1 Å². The van der Waals surface area contributed by atoms with Crippen molar-refractivity contribution >= 4 is 29.1 Å². The van der Waals surface area contributed by atoms with Crippen molar-refractivity contribution in [1.29, 1.82) is 0 Å². The lowest BCUT2D eigenvalue weighted by atomic mass is 9.87. The van der Waals surface area contributed by atoms with Crippen LogP contribution in [0.15, 0.2) is 42.5 Å². The van der Waals surface area contributed by atoms with Crippen molar-refractivity contribution < 1.29 is 19.2 Å². The van der Waals surface area contributed by atoms with E-state index in [1.807, 2.05) is 4.90 Å². The van der Waals surface area contributed by atoms with Crippen LogP contribution in [0, 0.1) is 16.0 Å². The van der Waals surface area contributed by atoms with Crippen LogP contribution in [0.2, 0.25) is 5.02 Å². The van der Waals surface area contributed by atoms with Gasteiger partial charge in [0.1, 0.15) is 5.75 Å². The molecule has 2 aromatic rings. The van der Waals surface area contributed by atoms with Gasteiger partial charge in [0.25, 0.3) is 5.91 Å². The highest BCUT2D eigenvalue weighted by Gasteiger charge is 2.29. The first-order chi connectivity index (χ1) is 16.4. The van der Waals surface area contributed by atoms with Crippen LogP contribution in [-0.2, 0) is 4.79 Å². The Bertz CT molecular complexity index is 1050. The van der Waals surface area contributed by atoms with E-state index in [1.54, 1.807) is 24.3 Å². The summed E-state index contributed by atoms with van der Waals surface area (Å²) in [6.07, 6.45) is 7.00. The minimum atomic E-state index is -0.558. The molecule has 9 heteroatoms. The first-order valence-corrected chi connectivity index (χ1v) is 12.1. The van der Waals surface area contributed by atoms with Crippen molar-refractivity contribution in [3.63, 3.8) is 0 Å². The van der Waals surface area contributed by atoms with Crippen LogP contribution in [0.4, 0.5) is 5.69 Å². The van der Waals surface area contributed by atoms with Gasteiger partial charge in [-0.3, -0.25) is 19.7 Å². The smallest absolute Gasteiger partial charge is 0.313 e. The second-order valence-electron chi connectivity index (χ2n) is 8.90. The molecule has 2 aromatic carbocycles. The highest BCUT2D eigenvalue weighted by atomic mass is 35.5. The Kier molecular flexibility index (Phi) is 7.67. The van der Waals surface area contributed by atoms with E-state index in [2.05, 4.69) is 5.32 Å². The number of amides is 2. The Labute approximate surface area is 203 Å². The Morgan fingerprint density at radius 2 is 1.68 bits per heavy atom. The molecule has 0 unspecified atom stereocenters. The largest absolute Gasteiger partial charge is 0.450 e. The van der Waals surface area contributed by atoms with E-state index >= 15 is 0 Å². The fourth-order valence-corrected chi connectivity index (χ4v) is 4.81. The number of halogens is 1. The number of carbonyl (C=O) groups excluding carboxylic acids is 2. The Morgan fingerprint density at radius 1 is 1.00 bits per heavy atom. The Morgan fingerprint density at radius 3 is 2.32 bits per heavy atom. The maximum atomic E-state index is 12.7. The summed E-state index contributed by atoms with van der Waals surface area (Å²) in [5, 5.41) is 14.5. The average molecular weight is 486 g/mol. The van der Waals surface area contributed by atoms with Crippen molar-refractivity contribution in [2.75, 3.05) is 13.1 Å². The predicted molar refractivity (Wildman–Crippen MR) is 128 cm³/mol. The number of carbonyl (C=O) groups is 2. The minimum absolute atomic E-state index is 0.0237. The molecule has 2 amide bonds. The number of nitrogens with zero attached hydrogens (tertiary/aromatic N) is 2. The first kappa shape index (κ1) is 24.0. The molecule has 0 spiro atoms. The number of hydrogen-bond acceptors (Lipinski definition) is 5. The molecular formula is C25H28ClN3O5. The summed E-state index contributed by atoms with van der Waals surface area (Å²) in [6.45, 7) is 1.35. The topological polar surface area (TPSA) is 102 Å². The predicted octanol–water partition coefficient (Wildman–Crippen LogP) is 5.34. The standard InChI is InChI=1S/C25H28ClN3O5/c26-19-8-11-23(22(16-19)29(32)33)34-21-9-6-17(7-10-21)24(30)27-20-12-14-28(15-13-20)25(31)18-4-2-1-3-5-18/h6-11,16,18,20H,1-5,12-15H2,(H,27,30). The van der Waals surface area contributed by atoms with E-state index in [-0.39, 0.29) is 40.2 Å². The van der Waals surface area contributed by atoms with Gasteiger partial charge in [0.05, 0.1) is 4.92 Å². The number of likely N-dealkylation sites (tertiary alicyclic amines) is 1. The number of ether oxygens (including phenoxy) is 1. The molecule has 0 atom stereocenters. The molecule has 8 nitrogen and oxygen atoms in total. The molecule has 34 heavy (non-hydrogen) atoms. The van der Waals surface area contributed by atoms with Crippen molar-refractivity contribution in [3.05, 3.63) is 63.2 Å². The van der Waals surface area contributed by atoms with Crippen LogP contribution >= 0.6 is 11.6 Å². The van der Waals surface area contributed by atoms with Gasteiger partial charge in [0.15, 0.2) is 0 Å². The molecule has 1 aliphatic heterocycles. The minimum Gasteiger partial charge on any atom is -0.450 e. The van der Waals surface area contributed by atoms with Crippen LogP contribution < -0.4 is 10.1 Å². The quantitative estimate of drug-likeness (QED) is 0.439. The normalized spacial score (nSPS) is 17.3. The van der Waals surface area contributed by atoms with Gasteiger partial charge in [0.2, 0.25) is 11.7 Å². The van der Waals surface area contributed by atoms with Crippen molar-refractivity contribution in [1.82, 2.24) is 10.2 Å². The van der Waals surface area contributed by atoms with E-state index < -0.39 is 4.92 Å². The molecule has 1 saturated heterocycles. The monoisotopic (exact) mass is 485 g/mol. The third kappa shape index (κ3) is 5.86. The summed E-state index contributed by atoms with van der Waals surface area (Å²) < 4.78 is 5.63. The number of piperidine rings is 1. The number of benzene rings is 2. The molecule has 4 rings (SSSR count). The Balaban J connectivity index is 1.29. The molecule has 1 heterocycles. The molecule has 1 saturated carbocycles. The second-order valence-corrected chi connectivity index (χ2v) is 9.34. The molecule has 0 bridgehead atoms. The lowest BCUT2D eigenvalue weighted by Gasteiger charge is -2.35. The molecule has 0 aromatic heterocycles. The van der Waals surface area contributed by atoms with Gasteiger partial charge in [-0.2, -0.15) is 0 Å². The lowest BCUT2D eigenvalue weighted by Crippen LogP contribution is -2.48. The van der Waals surface area contributed by atoms with Crippen molar-refractivity contribution in [2.24, 2.45) is 5.92 Å². The fraction of sp³-hybridized carbons (Fsp3) is 0.440. The van der Waals surface area contributed by atoms with Crippen LogP contribution in [-0.4, -0.2) is 40.8 Å². The second kappa shape index (κ2) is 10.9. The summed E-state index contributed by atoms with van der Waals surface area (Å²) in [6, 6.07) is 10.6. The van der Waals surface area contributed by atoms with Gasteiger partial charge in [-0.25, -0.2) is 0 Å². The highest BCUT2D eigenvalue weighted by molar-refractivity contribution is 6.30. The summed E-state index contributed by atoms with van der Waals surface area (Å²) in [5.74, 6) is 0.703. The maximum Gasteiger partial charge on any atom is 0.313 e. The number of nitro groups is 1. The van der Waals surface area contributed by atoms with Crippen LogP contribution in [0.5, 0.6) is 11.5 Å². The molecule has 1 aliphatic carbocycles. The third-order valence-corrected chi connectivity index (χ3v) is 6.79. The zero-order valence-electron chi connectivity index (χ0n) is 18.9.